The highest BCUT2D eigenvalue weighted by atomic mass is 16.4. The van der Waals surface area contributed by atoms with Gasteiger partial charge in [0.05, 0.1) is 18.5 Å². The van der Waals surface area contributed by atoms with E-state index in [1.807, 2.05) is 18.7 Å². The zero-order chi connectivity index (χ0) is 15.4. The predicted molar refractivity (Wildman–Crippen MR) is 77.0 cm³/mol. The van der Waals surface area contributed by atoms with Crippen LogP contribution in [0.1, 0.15) is 23.4 Å². The fraction of sp³-hybridized carbons (Fsp3) is 0.643. The van der Waals surface area contributed by atoms with Crippen LogP contribution in [-0.4, -0.2) is 69.7 Å². The van der Waals surface area contributed by atoms with Crippen LogP contribution in [0.4, 0.5) is 0 Å². The number of carbonyl (C=O) groups is 2. The maximum absolute atomic E-state index is 12.3. The van der Waals surface area contributed by atoms with Crippen molar-refractivity contribution < 1.29 is 14.7 Å². The van der Waals surface area contributed by atoms with Gasteiger partial charge in [-0.2, -0.15) is 5.10 Å². The van der Waals surface area contributed by atoms with E-state index in [9.17, 15) is 9.59 Å². The van der Waals surface area contributed by atoms with Gasteiger partial charge in [0.2, 0.25) is 5.91 Å². The molecule has 1 fully saturated rings. The summed E-state index contributed by atoms with van der Waals surface area (Å²) in [6.45, 7) is 7.17. The minimum Gasteiger partial charge on any atom is -0.481 e. The molecule has 0 saturated carbocycles. The first kappa shape index (κ1) is 15.5. The number of carboxylic acids is 1. The highest BCUT2D eigenvalue weighted by Gasteiger charge is 2.22. The SMILES string of the molecule is Cc1n[nH]c(C)c1CC(=O)N1CCN(CCC(=O)O)CC1. The zero-order valence-electron chi connectivity index (χ0n) is 12.6. The lowest BCUT2D eigenvalue weighted by Crippen LogP contribution is -2.49. The van der Waals surface area contributed by atoms with Gasteiger partial charge < -0.3 is 10.0 Å². The summed E-state index contributed by atoms with van der Waals surface area (Å²) in [5.74, 6) is -0.667. The Labute approximate surface area is 123 Å². The summed E-state index contributed by atoms with van der Waals surface area (Å²) in [7, 11) is 0. The lowest BCUT2D eigenvalue weighted by Gasteiger charge is -2.34. The molecule has 2 rings (SSSR count). The molecule has 21 heavy (non-hydrogen) atoms. The van der Waals surface area contributed by atoms with Gasteiger partial charge in [-0.3, -0.25) is 19.6 Å². The Morgan fingerprint density at radius 1 is 1.24 bits per heavy atom. The number of carboxylic acid groups (broad SMARTS) is 1. The van der Waals surface area contributed by atoms with Crippen LogP contribution in [0.25, 0.3) is 0 Å². The lowest BCUT2D eigenvalue weighted by molar-refractivity contribution is -0.138. The third-order valence-electron chi connectivity index (χ3n) is 3.98. The fourth-order valence-electron chi connectivity index (χ4n) is 2.57. The second kappa shape index (κ2) is 6.71. The van der Waals surface area contributed by atoms with Crippen LogP contribution < -0.4 is 0 Å². The van der Waals surface area contributed by atoms with Crippen molar-refractivity contribution in [3.63, 3.8) is 0 Å². The first-order valence-corrected chi connectivity index (χ1v) is 7.19. The second-order valence-electron chi connectivity index (χ2n) is 5.46. The van der Waals surface area contributed by atoms with E-state index in [1.165, 1.54) is 0 Å². The third-order valence-corrected chi connectivity index (χ3v) is 3.98. The van der Waals surface area contributed by atoms with Crippen molar-refractivity contribution in [3.05, 3.63) is 17.0 Å². The minimum atomic E-state index is -0.778. The Morgan fingerprint density at radius 2 is 1.90 bits per heavy atom. The summed E-state index contributed by atoms with van der Waals surface area (Å²) < 4.78 is 0. The van der Waals surface area contributed by atoms with Gasteiger partial charge in [0, 0.05) is 44.0 Å². The Morgan fingerprint density at radius 3 is 2.43 bits per heavy atom. The summed E-state index contributed by atoms with van der Waals surface area (Å²) >= 11 is 0. The topological polar surface area (TPSA) is 89.5 Å². The molecule has 0 spiro atoms. The van der Waals surface area contributed by atoms with E-state index in [1.54, 1.807) is 0 Å². The molecular weight excluding hydrogens is 272 g/mol. The normalized spacial score (nSPS) is 16.2. The minimum absolute atomic E-state index is 0.112. The van der Waals surface area contributed by atoms with Gasteiger partial charge in [0.1, 0.15) is 0 Å². The molecule has 0 aliphatic carbocycles. The molecule has 0 radical (unpaired) electrons. The highest BCUT2D eigenvalue weighted by molar-refractivity contribution is 5.79. The van der Waals surface area contributed by atoms with Crippen molar-refractivity contribution in [2.75, 3.05) is 32.7 Å². The number of hydrogen-bond acceptors (Lipinski definition) is 4. The van der Waals surface area contributed by atoms with Crippen molar-refractivity contribution in [1.29, 1.82) is 0 Å². The highest BCUT2D eigenvalue weighted by Crippen LogP contribution is 2.12. The molecule has 1 aromatic heterocycles. The van der Waals surface area contributed by atoms with Crippen LogP contribution >= 0.6 is 0 Å². The van der Waals surface area contributed by atoms with Crippen molar-refractivity contribution in [3.8, 4) is 0 Å². The number of rotatable bonds is 5. The standard InChI is InChI=1S/C14H22N4O3/c1-10-12(11(2)16-15-10)9-13(19)18-7-5-17(6-8-18)4-3-14(20)21/h3-9H2,1-2H3,(H,15,16)(H,20,21). The first-order valence-electron chi connectivity index (χ1n) is 7.19. The van der Waals surface area contributed by atoms with Crippen molar-refractivity contribution in [2.45, 2.75) is 26.7 Å². The fourth-order valence-corrected chi connectivity index (χ4v) is 2.57. The molecular formula is C14H22N4O3. The summed E-state index contributed by atoms with van der Waals surface area (Å²) in [5, 5.41) is 15.7. The van der Waals surface area contributed by atoms with Crippen LogP contribution in [-0.2, 0) is 16.0 Å². The monoisotopic (exact) mass is 294 g/mol. The molecule has 116 valence electrons. The molecule has 7 nitrogen and oxygen atoms in total. The molecule has 0 atom stereocenters. The first-order chi connectivity index (χ1) is 9.97. The van der Waals surface area contributed by atoms with Gasteiger partial charge in [-0.25, -0.2) is 0 Å². The Hall–Kier alpha value is -1.89. The van der Waals surface area contributed by atoms with Crippen molar-refractivity contribution in [2.24, 2.45) is 0 Å². The molecule has 7 heteroatoms. The number of aryl methyl sites for hydroxylation is 2. The molecule has 0 unspecified atom stereocenters. The summed E-state index contributed by atoms with van der Waals surface area (Å²) in [6.07, 6.45) is 0.532. The number of nitrogens with one attached hydrogen (secondary N) is 1. The largest absolute Gasteiger partial charge is 0.481 e. The van der Waals surface area contributed by atoms with Gasteiger partial charge in [0.25, 0.3) is 0 Å². The maximum Gasteiger partial charge on any atom is 0.304 e. The van der Waals surface area contributed by atoms with Crippen LogP contribution in [0.5, 0.6) is 0 Å². The van der Waals surface area contributed by atoms with Gasteiger partial charge in [-0.15, -0.1) is 0 Å². The van der Waals surface area contributed by atoms with Crippen LogP contribution in [0, 0.1) is 13.8 Å². The maximum atomic E-state index is 12.3. The predicted octanol–water partition coefficient (Wildman–Crippen LogP) is 0.188. The number of H-pyrrole nitrogens is 1. The van der Waals surface area contributed by atoms with Crippen LogP contribution in [0.2, 0.25) is 0 Å². The summed E-state index contributed by atoms with van der Waals surface area (Å²) in [5.41, 5.74) is 2.80. The molecule has 1 aliphatic heterocycles. The Kier molecular flexibility index (Phi) is 4.95. The average molecular weight is 294 g/mol. The van der Waals surface area contributed by atoms with E-state index < -0.39 is 5.97 Å². The number of aliphatic carboxylic acids is 1. The summed E-state index contributed by atoms with van der Waals surface area (Å²) in [6, 6.07) is 0. The van der Waals surface area contributed by atoms with Crippen LogP contribution in [0.15, 0.2) is 0 Å². The second-order valence-corrected chi connectivity index (χ2v) is 5.46. The van der Waals surface area contributed by atoms with E-state index in [-0.39, 0.29) is 12.3 Å². The molecule has 2 heterocycles. The van der Waals surface area contributed by atoms with E-state index in [4.69, 9.17) is 5.11 Å². The molecule has 1 amide bonds. The molecule has 1 aromatic rings. The number of nitrogens with zero attached hydrogens (tertiary/aromatic N) is 3. The number of hydrogen-bond donors (Lipinski definition) is 2. The third kappa shape index (κ3) is 4.04. The molecule has 1 aliphatic rings. The van der Waals surface area contributed by atoms with E-state index >= 15 is 0 Å². The average Bonchev–Trinajstić information content (AvgIpc) is 2.77. The number of amides is 1. The van der Waals surface area contributed by atoms with Gasteiger partial charge in [-0.05, 0) is 13.8 Å². The molecule has 0 bridgehead atoms. The Balaban J connectivity index is 1.82. The molecule has 1 saturated heterocycles. The molecule has 0 aromatic carbocycles. The summed E-state index contributed by atoms with van der Waals surface area (Å²) in [4.78, 5) is 26.8. The number of aromatic amines is 1. The molecule has 2 N–H and O–H groups in total. The van der Waals surface area contributed by atoms with E-state index in [2.05, 4.69) is 15.1 Å². The number of carbonyl (C=O) groups excluding carboxylic acids is 1. The number of aromatic nitrogens is 2. The van der Waals surface area contributed by atoms with Crippen molar-refractivity contribution in [1.82, 2.24) is 20.0 Å². The smallest absolute Gasteiger partial charge is 0.304 e. The van der Waals surface area contributed by atoms with E-state index in [0.29, 0.717) is 26.1 Å². The van der Waals surface area contributed by atoms with Gasteiger partial charge >= 0.3 is 5.97 Å². The number of piperazine rings is 1. The van der Waals surface area contributed by atoms with Crippen molar-refractivity contribution >= 4 is 11.9 Å². The van der Waals surface area contributed by atoms with E-state index in [0.717, 1.165) is 30.0 Å². The van der Waals surface area contributed by atoms with Gasteiger partial charge in [-0.1, -0.05) is 0 Å². The quantitative estimate of drug-likeness (QED) is 0.809. The lowest BCUT2D eigenvalue weighted by atomic mass is 10.1. The van der Waals surface area contributed by atoms with Gasteiger partial charge in [0.15, 0.2) is 0 Å². The van der Waals surface area contributed by atoms with Crippen LogP contribution in [0.3, 0.4) is 0 Å². The Bertz CT molecular complexity index is 499. The zero-order valence-corrected chi connectivity index (χ0v) is 12.6.